The quantitative estimate of drug-likeness (QED) is 0.801. The van der Waals surface area contributed by atoms with Gasteiger partial charge in [-0.3, -0.25) is 4.72 Å². The van der Waals surface area contributed by atoms with E-state index in [1.165, 1.54) is 24.3 Å². The Morgan fingerprint density at radius 1 is 1.10 bits per heavy atom. The number of para-hydroxylation sites is 1. The minimum Gasteiger partial charge on any atom is -0.277 e. The lowest BCUT2D eigenvalue weighted by atomic mass is 10.3. The van der Waals surface area contributed by atoms with Crippen LogP contribution in [0.2, 0.25) is 0 Å². The first kappa shape index (κ1) is 15.4. The number of anilines is 1. The normalized spacial score (nSPS) is 12.3. The van der Waals surface area contributed by atoms with E-state index in [9.17, 15) is 20.7 Å². The van der Waals surface area contributed by atoms with Gasteiger partial charge in [0.1, 0.15) is 4.90 Å². The van der Waals surface area contributed by atoms with Crippen LogP contribution in [0.25, 0.3) is 0 Å². The Hall–Kier alpha value is -0.970. The maximum absolute atomic E-state index is 13.1. The maximum atomic E-state index is 13.1. The van der Waals surface area contributed by atoms with Crippen LogP contribution in [0.3, 0.4) is 0 Å². The van der Waals surface area contributed by atoms with Crippen molar-refractivity contribution in [3.05, 3.63) is 40.2 Å². The number of thiophene rings is 1. The minimum absolute atomic E-state index is 0.0245. The van der Waals surface area contributed by atoms with Crippen molar-refractivity contribution >= 4 is 53.2 Å². The zero-order chi connectivity index (χ0) is 15.0. The smallest absolute Gasteiger partial charge is 0.277 e. The molecule has 1 N–H and O–H groups in total. The average Bonchev–Trinajstić information content (AvgIpc) is 2.75. The van der Waals surface area contributed by atoms with Gasteiger partial charge in [-0.25, -0.2) is 8.42 Å². The number of nitrogens with one attached hydrogen (secondary N) is 1. The highest BCUT2D eigenvalue weighted by Gasteiger charge is 2.24. The summed E-state index contributed by atoms with van der Waals surface area (Å²) in [5.41, 5.74) is -0.338. The molecule has 0 spiro atoms. The van der Waals surface area contributed by atoms with Crippen molar-refractivity contribution in [3.63, 3.8) is 0 Å². The largest absolute Gasteiger partial charge is 0.334 e. The van der Waals surface area contributed by atoms with E-state index in [4.69, 9.17) is 0 Å². The lowest BCUT2D eigenvalue weighted by Crippen LogP contribution is -2.14. The zero-order valence-electron chi connectivity index (χ0n) is 9.58. The Bertz CT molecular complexity index is 845. The minimum atomic E-state index is -5.02. The SMILES string of the molecule is O=S(=O)(F)c1ccccc1NS(=O)(=O)c1sccc1Br. The van der Waals surface area contributed by atoms with Crippen LogP contribution >= 0.6 is 27.3 Å². The summed E-state index contributed by atoms with van der Waals surface area (Å²) in [5, 5.41) is 1.55. The first-order chi connectivity index (χ1) is 9.22. The van der Waals surface area contributed by atoms with Gasteiger partial charge >= 0.3 is 10.2 Å². The van der Waals surface area contributed by atoms with Crippen molar-refractivity contribution in [1.29, 1.82) is 0 Å². The van der Waals surface area contributed by atoms with E-state index in [2.05, 4.69) is 20.7 Å². The number of rotatable bonds is 4. The second-order valence-electron chi connectivity index (χ2n) is 3.60. The van der Waals surface area contributed by atoms with Crippen molar-refractivity contribution in [2.75, 3.05) is 4.72 Å². The molecule has 10 heteroatoms. The Balaban J connectivity index is 2.49. The van der Waals surface area contributed by atoms with E-state index in [-0.39, 0.29) is 9.90 Å². The van der Waals surface area contributed by atoms with Gasteiger partial charge in [0.15, 0.2) is 4.21 Å². The van der Waals surface area contributed by atoms with Crippen molar-refractivity contribution < 1.29 is 20.7 Å². The van der Waals surface area contributed by atoms with Crippen LogP contribution in [0.5, 0.6) is 0 Å². The van der Waals surface area contributed by atoms with E-state index >= 15 is 0 Å². The van der Waals surface area contributed by atoms with Gasteiger partial charge in [0.25, 0.3) is 10.0 Å². The predicted molar refractivity (Wildman–Crippen MR) is 77.6 cm³/mol. The molecule has 0 amide bonds. The number of halogens is 2. The molecule has 0 saturated heterocycles. The summed E-state index contributed by atoms with van der Waals surface area (Å²) in [4.78, 5) is -0.726. The molecular formula is C10H7BrFNO4S3. The molecule has 0 unspecified atom stereocenters. The molecule has 0 fully saturated rings. The molecule has 2 aromatic rings. The highest BCUT2D eigenvalue weighted by atomic mass is 79.9. The Kier molecular flexibility index (Phi) is 4.19. The highest BCUT2D eigenvalue weighted by Crippen LogP contribution is 2.31. The fourth-order valence-corrected chi connectivity index (χ4v) is 5.53. The van der Waals surface area contributed by atoms with Crippen molar-refractivity contribution in [3.8, 4) is 0 Å². The lowest BCUT2D eigenvalue weighted by Gasteiger charge is -2.09. The first-order valence-corrected chi connectivity index (χ1v) is 9.55. The predicted octanol–water partition coefficient (Wildman–Crippen LogP) is 2.97. The van der Waals surface area contributed by atoms with Crippen LogP contribution in [-0.4, -0.2) is 16.8 Å². The van der Waals surface area contributed by atoms with Gasteiger partial charge in [-0.2, -0.15) is 8.42 Å². The van der Waals surface area contributed by atoms with Crippen LogP contribution in [0, 0.1) is 0 Å². The van der Waals surface area contributed by atoms with Gasteiger partial charge in [0.2, 0.25) is 0 Å². The molecule has 5 nitrogen and oxygen atoms in total. The van der Waals surface area contributed by atoms with E-state index in [1.54, 1.807) is 5.38 Å². The van der Waals surface area contributed by atoms with Crippen LogP contribution in [0.1, 0.15) is 0 Å². The van der Waals surface area contributed by atoms with E-state index in [0.717, 1.165) is 17.4 Å². The number of hydrogen-bond acceptors (Lipinski definition) is 5. The molecule has 0 radical (unpaired) electrons. The lowest BCUT2D eigenvalue weighted by molar-refractivity contribution is 0.552. The van der Waals surface area contributed by atoms with E-state index in [1.807, 2.05) is 0 Å². The Labute approximate surface area is 127 Å². The van der Waals surface area contributed by atoms with Gasteiger partial charge in [-0.05, 0) is 39.5 Å². The highest BCUT2D eigenvalue weighted by molar-refractivity contribution is 9.10. The van der Waals surface area contributed by atoms with Gasteiger partial charge in [0.05, 0.1) is 5.69 Å². The molecular weight excluding hydrogens is 393 g/mol. The third-order valence-electron chi connectivity index (χ3n) is 2.22. The zero-order valence-corrected chi connectivity index (χ0v) is 13.6. The molecule has 0 aliphatic heterocycles. The second-order valence-corrected chi connectivity index (χ2v) is 8.56. The van der Waals surface area contributed by atoms with Crippen LogP contribution in [0.4, 0.5) is 9.57 Å². The number of benzene rings is 1. The summed E-state index contributed by atoms with van der Waals surface area (Å²) in [6.45, 7) is 0. The molecule has 2 rings (SSSR count). The summed E-state index contributed by atoms with van der Waals surface area (Å²) in [7, 11) is -9.01. The van der Waals surface area contributed by atoms with Crippen molar-refractivity contribution in [2.45, 2.75) is 9.10 Å². The fraction of sp³-hybridized carbons (Fsp3) is 0. The molecule has 0 aliphatic rings. The standard InChI is InChI=1S/C10H7BrFNO4S3/c11-7-5-6-18-10(7)20(16,17)13-8-3-1-2-4-9(8)19(12,14)15/h1-6,13H. The molecule has 0 saturated carbocycles. The second kappa shape index (κ2) is 5.43. The molecule has 0 aliphatic carbocycles. The van der Waals surface area contributed by atoms with Crippen LogP contribution < -0.4 is 4.72 Å². The monoisotopic (exact) mass is 399 g/mol. The third kappa shape index (κ3) is 3.19. The third-order valence-corrected chi connectivity index (χ3v) is 7.14. The summed E-state index contributed by atoms with van der Waals surface area (Å²) in [5.74, 6) is 0. The Morgan fingerprint density at radius 3 is 2.30 bits per heavy atom. The van der Waals surface area contributed by atoms with Gasteiger partial charge in [-0.15, -0.1) is 15.2 Å². The first-order valence-electron chi connectivity index (χ1n) is 5.01. The fourth-order valence-electron chi connectivity index (χ4n) is 1.43. The summed E-state index contributed by atoms with van der Waals surface area (Å²) in [6, 6.07) is 6.39. The summed E-state index contributed by atoms with van der Waals surface area (Å²) < 4.78 is 61.7. The van der Waals surface area contributed by atoms with Crippen LogP contribution in [0.15, 0.2) is 49.3 Å². The molecule has 1 aromatic carbocycles. The number of hydrogen-bond donors (Lipinski definition) is 1. The number of sulfonamides is 1. The van der Waals surface area contributed by atoms with Crippen LogP contribution in [-0.2, 0) is 20.2 Å². The van der Waals surface area contributed by atoms with Crippen molar-refractivity contribution in [1.82, 2.24) is 0 Å². The van der Waals surface area contributed by atoms with Gasteiger partial charge in [0, 0.05) is 4.47 Å². The maximum Gasteiger partial charge on any atom is 0.334 e. The summed E-state index contributed by atoms with van der Waals surface area (Å²) >= 11 is 4.02. The molecule has 0 atom stereocenters. The Morgan fingerprint density at radius 2 is 1.75 bits per heavy atom. The molecule has 20 heavy (non-hydrogen) atoms. The topological polar surface area (TPSA) is 80.3 Å². The van der Waals surface area contributed by atoms with Crippen molar-refractivity contribution in [2.24, 2.45) is 0 Å². The van der Waals surface area contributed by atoms with Gasteiger partial charge in [-0.1, -0.05) is 12.1 Å². The molecule has 1 aromatic heterocycles. The average molecular weight is 400 g/mol. The van der Waals surface area contributed by atoms with E-state index < -0.39 is 25.1 Å². The molecule has 108 valence electrons. The van der Waals surface area contributed by atoms with Gasteiger partial charge < -0.3 is 0 Å². The summed E-state index contributed by atoms with van der Waals surface area (Å²) in [6.07, 6.45) is 0. The molecule has 1 heterocycles. The van der Waals surface area contributed by atoms with E-state index in [0.29, 0.717) is 4.47 Å². The molecule has 0 bridgehead atoms.